The summed E-state index contributed by atoms with van der Waals surface area (Å²) in [4.78, 5) is 2.23. The highest BCUT2D eigenvalue weighted by molar-refractivity contribution is 4.73. The number of rotatable bonds is 6. The molecule has 0 aromatic heterocycles. The molecular formula is C12H28N2O. The lowest BCUT2D eigenvalue weighted by Gasteiger charge is -2.29. The third kappa shape index (κ3) is 6.88. The van der Waals surface area contributed by atoms with Gasteiger partial charge in [0.1, 0.15) is 0 Å². The summed E-state index contributed by atoms with van der Waals surface area (Å²) in [7, 11) is 4.24. The van der Waals surface area contributed by atoms with Gasteiger partial charge in [-0.3, -0.25) is 0 Å². The lowest BCUT2D eigenvalue weighted by Crippen LogP contribution is -2.44. The second kappa shape index (κ2) is 9.13. The molecule has 0 bridgehead atoms. The van der Waals surface area contributed by atoms with Gasteiger partial charge in [-0.2, -0.15) is 0 Å². The number of nitrogens with zero attached hydrogens (tertiary/aromatic N) is 1. The topological polar surface area (TPSA) is 24.5 Å². The smallest absolute Gasteiger partial charge is 0.0528 e. The zero-order valence-corrected chi connectivity index (χ0v) is 11.0. The lowest BCUT2D eigenvalue weighted by atomic mass is 10.1. The first kappa shape index (κ1) is 14.9. The van der Waals surface area contributed by atoms with Crippen LogP contribution in [0.1, 0.15) is 27.2 Å². The molecule has 0 saturated carbocycles. The van der Waals surface area contributed by atoms with Gasteiger partial charge in [-0.25, -0.2) is 0 Å². The van der Waals surface area contributed by atoms with Crippen molar-refractivity contribution in [1.29, 1.82) is 0 Å². The molecule has 1 aliphatic rings. The predicted octanol–water partition coefficient (Wildman–Crippen LogP) is 1.59. The Bertz CT molecular complexity index is 136. The van der Waals surface area contributed by atoms with E-state index in [4.69, 9.17) is 4.74 Å². The highest BCUT2D eigenvalue weighted by Gasteiger charge is 2.19. The van der Waals surface area contributed by atoms with Crippen molar-refractivity contribution >= 4 is 0 Å². The molecule has 15 heavy (non-hydrogen) atoms. The zero-order chi connectivity index (χ0) is 11.7. The zero-order valence-electron chi connectivity index (χ0n) is 11.0. The van der Waals surface area contributed by atoms with Gasteiger partial charge in [0.05, 0.1) is 13.2 Å². The van der Waals surface area contributed by atoms with Crippen molar-refractivity contribution < 1.29 is 4.74 Å². The summed E-state index contributed by atoms with van der Waals surface area (Å²) in [6.07, 6.45) is 1.20. The van der Waals surface area contributed by atoms with Crippen LogP contribution in [-0.4, -0.2) is 51.3 Å². The van der Waals surface area contributed by atoms with Gasteiger partial charge in [-0.1, -0.05) is 20.8 Å². The van der Waals surface area contributed by atoms with Crippen molar-refractivity contribution in [2.45, 2.75) is 33.2 Å². The van der Waals surface area contributed by atoms with Crippen LogP contribution in [0.5, 0.6) is 0 Å². The van der Waals surface area contributed by atoms with Gasteiger partial charge < -0.3 is 15.0 Å². The molecule has 1 rings (SSSR count). The third-order valence-electron chi connectivity index (χ3n) is 2.48. The molecule has 1 saturated heterocycles. The molecule has 1 atom stereocenters. The Morgan fingerprint density at radius 2 is 1.93 bits per heavy atom. The minimum absolute atomic E-state index is 0.635. The Morgan fingerprint density at radius 3 is 2.27 bits per heavy atom. The first-order valence-corrected chi connectivity index (χ1v) is 6.18. The summed E-state index contributed by atoms with van der Waals surface area (Å²) in [6.45, 7) is 10.4. The summed E-state index contributed by atoms with van der Waals surface area (Å²) in [6, 6.07) is 0.635. The van der Waals surface area contributed by atoms with Gasteiger partial charge in [0.15, 0.2) is 0 Å². The number of likely N-dealkylation sites (N-methyl/N-ethyl adjacent to an activating group) is 1. The summed E-state index contributed by atoms with van der Waals surface area (Å²) in [5.41, 5.74) is 0. The van der Waals surface area contributed by atoms with E-state index < -0.39 is 0 Å². The van der Waals surface area contributed by atoms with Crippen molar-refractivity contribution in [2.24, 2.45) is 5.92 Å². The second-order valence-corrected chi connectivity index (χ2v) is 4.18. The predicted molar refractivity (Wildman–Crippen MR) is 66.3 cm³/mol. The van der Waals surface area contributed by atoms with Gasteiger partial charge in [0.25, 0.3) is 0 Å². The maximum atomic E-state index is 5.13. The quantitative estimate of drug-likeness (QED) is 0.730. The maximum Gasteiger partial charge on any atom is 0.0528 e. The fourth-order valence-corrected chi connectivity index (χ4v) is 1.51. The van der Waals surface area contributed by atoms with Crippen LogP contribution >= 0.6 is 0 Å². The van der Waals surface area contributed by atoms with Gasteiger partial charge in [-0.15, -0.1) is 0 Å². The van der Waals surface area contributed by atoms with Crippen LogP contribution in [0.2, 0.25) is 0 Å². The monoisotopic (exact) mass is 216 g/mol. The summed E-state index contributed by atoms with van der Waals surface area (Å²) < 4.78 is 5.13. The fourth-order valence-electron chi connectivity index (χ4n) is 1.51. The summed E-state index contributed by atoms with van der Waals surface area (Å²) in [5.74, 6) is 0.760. The van der Waals surface area contributed by atoms with Gasteiger partial charge >= 0.3 is 0 Å². The van der Waals surface area contributed by atoms with Gasteiger partial charge in [0, 0.05) is 25.0 Å². The molecule has 3 nitrogen and oxygen atoms in total. The molecule has 1 N–H and O–H groups in total. The van der Waals surface area contributed by atoms with Gasteiger partial charge in [0.2, 0.25) is 0 Å². The Hall–Kier alpha value is -0.120. The van der Waals surface area contributed by atoms with E-state index in [1.165, 1.54) is 6.42 Å². The van der Waals surface area contributed by atoms with Crippen LogP contribution in [0.4, 0.5) is 0 Å². The molecule has 1 aliphatic heterocycles. The van der Waals surface area contributed by atoms with Crippen LogP contribution in [0.15, 0.2) is 0 Å². The van der Waals surface area contributed by atoms with E-state index in [1.807, 2.05) is 13.8 Å². The molecule has 3 heteroatoms. The molecule has 92 valence electrons. The summed E-state index contributed by atoms with van der Waals surface area (Å²) in [5, 5.41) is 3.58. The Morgan fingerprint density at radius 1 is 1.33 bits per heavy atom. The third-order valence-corrected chi connectivity index (χ3v) is 2.48. The molecule has 0 spiro atoms. The van der Waals surface area contributed by atoms with E-state index in [1.54, 1.807) is 0 Å². The van der Waals surface area contributed by atoms with Crippen LogP contribution in [-0.2, 0) is 4.74 Å². The van der Waals surface area contributed by atoms with Crippen LogP contribution in [0, 0.1) is 5.92 Å². The number of ether oxygens (including phenoxy) is 1. The second-order valence-electron chi connectivity index (χ2n) is 4.18. The standard InChI is InChI=1S/C10H22N2O.C2H6/c1-4-10(6-12(2)3)11-5-9-7-13-8-9;1-2/h9-11H,4-8H2,1-3H3;1-2H3. The molecule has 0 amide bonds. The average molecular weight is 216 g/mol. The fraction of sp³-hybridized carbons (Fsp3) is 1.00. The molecule has 0 aromatic carbocycles. The van der Waals surface area contributed by atoms with Crippen molar-refractivity contribution in [3.05, 3.63) is 0 Å². The van der Waals surface area contributed by atoms with E-state index in [0.717, 1.165) is 32.2 Å². The van der Waals surface area contributed by atoms with E-state index in [-0.39, 0.29) is 0 Å². The average Bonchev–Trinajstić information content (AvgIpc) is 2.16. The van der Waals surface area contributed by atoms with E-state index >= 15 is 0 Å². The first-order chi connectivity index (χ1) is 7.22. The molecule has 0 aromatic rings. The van der Waals surface area contributed by atoms with E-state index in [0.29, 0.717) is 6.04 Å². The number of hydrogen-bond acceptors (Lipinski definition) is 3. The number of nitrogens with one attached hydrogen (secondary N) is 1. The largest absolute Gasteiger partial charge is 0.381 e. The SMILES string of the molecule is CC.CCC(CN(C)C)NCC1COC1. The Labute approximate surface area is 95.2 Å². The maximum absolute atomic E-state index is 5.13. The molecular weight excluding hydrogens is 188 g/mol. The van der Waals surface area contributed by atoms with Crippen LogP contribution < -0.4 is 5.32 Å². The Kier molecular flexibility index (Phi) is 9.06. The van der Waals surface area contributed by atoms with E-state index in [9.17, 15) is 0 Å². The van der Waals surface area contributed by atoms with Crippen molar-refractivity contribution in [1.82, 2.24) is 10.2 Å². The van der Waals surface area contributed by atoms with Crippen molar-refractivity contribution in [3.8, 4) is 0 Å². The minimum atomic E-state index is 0.635. The van der Waals surface area contributed by atoms with Crippen molar-refractivity contribution in [3.63, 3.8) is 0 Å². The van der Waals surface area contributed by atoms with Crippen molar-refractivity contribution in [2.75, 3.05) is 40.4 Å². The van der Waals surface area contributed by atoms with Gasteiger partial charge in [-0.05, 0) is 20.5 Å². The number of hydrogen-bond donors (Lipinski definition) is 1. The molecule has 1 fully saturated rings. The van der Waals surface area contributed by atoms with E-state index in [2.05, 4.69) is 31.2 Å². The Balaban J connectivity index is 0.000000921. The summed E-state index contributed by atoms with van der Waals surface area (Å²) >= 11 is 0. The highest BCUT2D eigenvalue weighted by atomic mass is 16.5. The molecule has 1 unspecified atom stereocenters. The molecule has 0 radical (unpaired) electrons. The normalized spacial score (nSPS) is 18.0. The van der Waals surface area contributed by atoms with Crippen LogP contribution in [0.25, 0.3) is 0 Å². The highest BCUT2D eigenvalue weighted by Crippen LogP contribution is 2.08. The minimum Gasteiger partial charge on any atom is -0.381 e. The molecule has 0 aliphatic carbocycles. The molecule has 1 heterocycles. The van der Waals surface area contributed by atoms with Crippen LogP contribution in [0.3, 0.4) is 0 Å². The first-order valence-electron chi connectivity index (χ1n) is 6.18. The lowest BCUT2D eigenvalue weighted by molar-refractivity contribution is -0.0319.